The summed E-state index contributed by atoms with van der Waals surface area (Å²) in [7, 11) is -3.43. The first kappa shape index (κ1) is 18.2. The molecule has 1 aromatic rings. The first-order chi connectivity index (χ1) is 11.4. The van der Waals surface area contributed by atoms with Gasteiger partial charge in [-0.25, -0.2) is 8.42 Å². The van der Waals surface area contributed by atoms with Gasteiger partial charge in [-0.05, 0) is 43.9 Å². The number of hydrogen-bond acceptors (Lipinski definition) is 2. The highest BCUT2D eigenvalue weighted by Crippen LogP contribution is 2.24. The lowest BCUT2D eigenvalue weighted by atomic mass is 9.84. The molecule has 24 heavy (non-hydrogen) atoms. The zero-order chi connectivity index (χ0) is 17.3. The smallest absolute Gasteiger partial charge is 0.243 e. The van der Waals surface area contributed by atoms with Crippen molar-refractivity contribution in [3.8, 4) is 0 Å². The molecule has 1 aliphatic carbocycles. The van der Waals surface area contributed by atoms with Gasteiger partial charge in [0.05, 0.1) is 37.1 Å². The maximum absolute atomic E-state index is 12.9. The molecule has 3 rings (SSSR count). The van der Waals surface area contributed by atoms with Crippen molar-refractivity contribution in [1.29, 1.82) is 0 Å². The number of aryl methyl sites for hydroxylation is 1. The highest BCUT2D eigenvalue weighted by Gasteiger charge is 2.36. The normalized spacial score (nSPS) is 27.3. The van der Waals surface area contributed by atoms with Crippen LogP contribution in [-0.2, 0) is 10.0 Å². The first-order valence-corrected chi connectivity index (χ1v) is 10.8. The van der Waals surface area contributed by atoms with Crippen LogP contribution >= 0.6 is 11.6 Å². The number of hydrogen-bond donors (Lipinski definition) is 1. The number of nitrogens with one attached hydrogen (secondary N) is 1. The van der Waals surface area contributed by atoms with Crippen molar-refractivity contribution in [2.45, 2.75) is 50.5 Å². The minimum atomic E-state index is -3.43. The molecule has 2 fully saturated rings. The lowest BCUT2D eigenvalue weighted by molar-refractivity contribution is -0.933. The van der Waals surface area contributed by atoms with Crippen molar-refractivity contribution in [3.05, 3.63) is 28.8 Å². The fourth-order valence-electron chi connectivity index (χ4n) is 4.19. The fourth-order valence-corrected chi connectivity index (χ4v) is 5.90. The van der Waals surface area contributed by atoms with Gasteiger partial charge < -0.3 is 4.90 Å². The van der Waals surface area contributed by atoms with E-state index in [0.717, 1.165) is 24.6 Å². The molecule has 0 radical (unpaired) electrons. The summed E-state index contributed by atoms with van der Waals surface area (Å²) in [4.78, 5) is 1.91. The van der Waals surface area contributed by atoms with Crippen LogP contribution in [0.2, 0.25) is 5.02 Å². The van der Waals surface area contributed by atoms with Crippen LogP contribution in [0.1, 0.15) is 38.2 Å². The molecule has 1 saturated carbocycles. The second kappa shape index (κ2) is 7.32. The summed E-state index contributed by atoms with van der Waals surface area (Å²) in [6.45, 7) is 7.26. The molecule has 134 valence electrons. The Morgan fingerprint density at radius 1 is 1.17 bits per heavy atom. The Balaban J connectivity index is 1.68. The Morgan fingerprint density at radius 3 is 2.46 bits per heavy atom. The van der Waals surface area contributed by atoms with Crippen LogP contribution in [0.3, 0.4) is 0 Å². The van der Waals surface area contributed by atoms with Crippen molar-refractivity contribution in [1.82, 2.24) is 4.31 Å². The molecule has 1 heterocycles. The third-order valence-corrected chi connectivity index (χ3v) is 8.08. The van der Waals surface area contributed by atoms with Crippen LogP contribution < -0.4 is 4.90 Å². The minimum Gasteiger partial charge on any atom is -0.330 e. The lowest BCUT2D eigenvalue weighted by Gasteiger charge is -2.40. The van der Waals surface area contributed by atoms with Crippen LogP contribution in [0, 0.1) is 12.8 Å². The van der Waals surface area contributed by atoms with E-state index < -0.39 is 10.0 Å². The van der Waals surface area contributed by atoms with Gasteiger partial charge >= 0.3 is 0 Å². The molecular weight excluding hydrogens is 344 g/mol. The summed E-state index contributed by atoms with van der Waals surface area (Å²) in [6.07, 6.45) is 5.27. The Hall–Kier alpha value is -0.620. The summed E-state index contributed by atoms with van der Waals surface area (Å²) >= 11 is 6.11. The summed E-state index contributed by atoms with van der Waals surface area (Å²) in [5.74, 6) is 0.757. The van der Waals surface area contributed by atoms with Crippen LogP contribution in [0.25, 0.3) is 0 Å². The molecule has 2 aliphatic rings. The van der Waals surface area contributed by atoms with E-state index in [4.69, 9.17) is 11.6 Å². The Morgan fingerprint density at radius 2 is 1.83 bits per heavy atom. The zero-order valence-corrected chi connectivity index (χ0v) is 16.2. The molecule has 0 bridgehead atoms. The molecule has 0 amide bonds. The summed E-state index contributed by atoms with van der Waals surface area (Å²) in [5.41, 5.74) is 0.899. The van der Waals surface area contributed by atoms with Gasteiger partial charge in [0.1, 0.15) is 0 Å². The van der Waals surface area contributed by atoms with Crippen molar-refractivity contribution < 1.29 is 13.3 Å². The second-order valence-electron chi connectivity index (χ2n) is 7.34. The monoisotopic (exact) mass is 371 g/mol. The van der Waals surface area contributed by atoms with E-state index in [9.17, 15) is 8.42 Å². The Kier molecular flexibility index (Phi) is 5.55. The third-order valence-electron chi connectivity index (χ3n) is 5.78. The molecular formula is C18H28ClN2O2S+. The highest BCUT2D eigenvalue weighted by molar-refractivity contribution is 7.89. The largest absolute Gasteiger partial charge is 0.330 e. The minimum absolute atomic E-state index is 0.313. The van der Waals surface area contributed by atoms with Crippen molar-refractivity contribution in [3.63, 3.8) is 0 Å². The molecule has 1 aliphatic heterocycles. The van der Waals surface area contributed by atoms with Gasteiger partial charge in [-0.2, -0.15) is 4.31 Å². The molecule has 0 spiro atoms. The average Bonchev–Trinajstić information content (AvgIpc) is 2.58. The van der Waals surface area contributed by atoms with Crippen molar-refractivity contribution >= 4 is 21.6 Å². The number of rotatable bonds is 3. The molecule has 1 N–H and O–H groups in total. The maximum Gasteiger partial charge on any atom is 0.243 e. The number of nitrogens with zero attached hydrogens (tertiary/aromatic N) is 1. The van der Waals surface area contributed by atoms with E-state index in [-0.39, 0.29) is 0 Å². The second-order valence-corrected chi connectivity index (χ2v) is 9.69. The number of piperazine rings is 1. The molecule has 0 aromatic heterocycles. The van der Waals surface area contributed by atoms with Crippen LogP contribution in [0.15, 0.2) is 23.1 Å². The van der Waals surface area contributed by atoms with Crippen LogP contribution in [0.5, 0.6) is 0 Å². The molecule has 1 saturated heterocycles. The summed E-state index contributed by atoms with van der Waals surface area (Å²) in [6, 6.07) is 5.73. The van der Waals surface area contributed by atoms with E-state index in [1.807, 2.05) is 6.92 Å². The predicted molar refractivity (Wildman–Crippen MR) is 97.1 cm³/mol. The molecule has 4 nitrogen and oxygen atoms in total. The van der Waals surface area contributed by atoms with E-state index in [1.165, 1.54) is 25.7 Å². The summed E-state index contributed by atoms with van der Waals surface area (Å²) < 4.78 is 27.3. The highest BCUT2D eigenvalue weighted by atomic mass is 35.5. The van der Waals surface area contributed by atoms with Crippen molar-refractivity contribution in [2.24, 2.45) is 5.92 Å². The van der Waals surface area contributed by atoms with Gasteiger partial charge in [0.2, 0.25) is 10.0 Å². The van der Waals surface area contributed by atoms with E-state index in [1.54, 1.807) is 27.4 Å². The molecule has 1 aromatic carbocycles. The third kappa shape index (κ3) is 3.64. The van der Waals surface area contributed by atoms with Gasteiger partial charge in [0.15, 0.2) is 0 Å². The quantitative estimate of drug-likeness (QED) is 0.884. The summed E-state index contributed by atoms with van der Waals surface area (Å²) in [5, 5.41) is 0.511. The number of halogens is 1. The SMILES string of the molecule is Cc1ccc(S(=O)(=O)N2CC[NH+]([C@@H]3CCCC[C@H]3C)CC2)cc1Cl. The van der Waals surface area contributed by atoms with E-state index in [0.29, 0.717) is 29.0 Å². The Labute approximate surface area is 150 Å². The average molecular weight is 372 g/mol. The standard InChI is InChI=1S/C18H27ClN2O2S/c1-14-7-8-16(13-17(14)19)24(22,23)21-11-9-20(10-12-21)18-6-4-3-5-15(18)2/h7-8,13,15,18H,3-6,9-12H2,1-2H3/p+1/t15-,18-/m1/s1. The number of sulfonamides is 1. The van der Waals surface area contributed by atoms with E-state index in [2.05, 4.69) is 6.92 Å². The van der Waals surface area contributed by atoms with E-state index >= 15 is 0 Å². The predicted octanol–water partition coefficient (Wildman–Crippen LogP) is 2.12. The molecule has 2 atom stereocenters. The van der Waals surface area contributed by atoms with Gasteiger partial charge in [-0.15, -0.1) is 0 Å². The van der Waals surface area contributed by atoms with Crippen LogP contribution in [-0.4, -0.2) is 44.9 Å². The fraction of sp³-hybridized carbons (Fsp3) is 0.667. The Bertz CT molecular complexity index is 684. The molecule has 0 unspecified atom stereocenters. The van der Waals surface area contributed by atoms with Crippen molar-refractivity contribution in [2.75, 3.05) is 26.2 Å². The van der Waals surface area contributed by atoms with Gasteiger partial charge in [-0.3, -0.25) is 0 Å². The van der Waals surface area contributed by atoms with Crippen LogP contribution in [0.4, 0.5) is 0 Å². The zero-order valence-electron chi connectivity index (χ0n) is 14.6. The topological polar surface area (TPSA) is 41.8 Å². The molecule has 6 heteroatoms. The lowest BCUT2D eigenvalue weighted by Crippen LogP contribution is -3.19. The first-order valence-electron chi connectivity index (χ1n) is 9.00. The number of quaternary nitrogens is 1. The maximum atomic E-state index is 12.9. The number of benzene rings is 1. The van der Waals surface area contributed by atoms with Gasteiger partial charge in [-0.1, -0.05) is 31.0 Å². The van der Waals surface area contributed by atoms with Gasteiger partial charge in [0.25, 0.3) is 0 Å². The van der Waals surface area contributed by atoms with Gasteiger partial charge in [0, 0.05) is 10.9 Å².